The number of fused-ring (bicyclic) bond motifs is 1. The molecule has 0 aliphatic carbocycles. The Balaban J connectivity index is 1.60. The average Bonchev–Trinajstić information content (AvgIpc) is 2.72. The molecule has 0 aromatic heterocycles. The fourth-order valence-electron chi connectivity index (χ4n) is 3.19. The molecule has 7 heteroatoms. The van der Waals surface area contributed by atoms with E-state index in [1.54, 1.807) is 30.2 Å². The van der Waals surface area contributed by atoms with E-state index in [0.29, 0.717) is 43.1 Å². The molecule has 30 heavy (non-hydrogen) atoms. The molecule has 0 radical (unpaired) electrons. The summed E-state index contributed by atoms with van der Waals surface area (Å²) in [7, 11) is 1.62. The predicted octanol–water partition coefficient (Wildman–Crippen LogP) is 3.87. The maximum absolute atomic E-state index is 12.4. The van der Waals surface area contributed by atoms with Crippen LogP contribution in [0.1, 0.15) is 26.7 Å². The molecule has 7 nitrogen and oxygen atoms in total. The summed E-state index contributed by atoms with van der Waals surface area (Å²) in [6.45, 7) is 4.96. The molecule has 2 aromatic rings. The molecular formula is C23H28N2O5. The fraction of sp³-hybridized carbons (Fsp3) is 0.391. The smallest absolute Gasteiger partial charge is 0.265 e. The highest BCUT2D eigenvalue weighted by Gasteiger charge is 2.25. The van der Waals surface area contributed by atoms with E-state index < -0.39 is 0 Å². The molecular weight excluding hydrogens is 384 g/mol. The molecule has 2 aromatic carbocycles. The van der Waals surface area contributed by atoms with Crippen LogP contribution in [-0.4, -0.2) is 38.7 Å². The third-order valence-electron chi connectivity index (χ3n) is 4.63. The minimum atomic E-state index is -0.113. The highest BCUT2D eigenvalue weighted by atomic mass is 16.5. The first-order valence-corrected chi connectivity index (χ1v) is 10.1. The minimum absolute atomic E-state index is 0.00535. The summed E-state index contributed by atoms with van der Waals surface area (Å²) in [5.74, 6) is 2.26. The van der Waals surface area contributed by atoms with Crippen molar-refractivity contribution in [1.29, 1.82) is 0 Å². The molecule has 1 heterocycles. The van der Waals surface area contributed by atoms with Gasteiger partial charge in [-0.15, -0.1) is 0 Å². The summed E-state index contributed by atoms with van der Waals surface area (Å²) in [6.07, 6.45) is 1.10. The normalized spacial score (nSPS) is 12.9. The summed E-state index contributed by atoms with van der Waals surface area (Å²) in [5, 5.41) is 2.89. The van der Waals surface area contributed by atoms with E-state index in [4.69, 9.17) is 14.2 Å². The van der Waals surface area contributed by atoms with E-state index in [0.717, 1.165) is 11.5 Å². The Bertz CT molecular complexity index is 880. The van der Waals surface area contributed by atoms with Crippen molar-refractivity contribution in [2.45, 2.75) is 26.7 Å². The van der Waals surface area contributed by atoms with Gasteiger partial charge < -0.3 is 24.4 Å². The summed E-state index contributed by atoms with van der Waals surface area (Å²) in [6, 6.07) is 12.7. The van der Waals surface area contributed by atoms with Gasteiger partial charge in [0.05, 0.1) is 19.4 Å². The van der Waals surface area contributed by atoms with Gasteiger partial charge in [-0.05, 0) is 54.8 Å². The summed E-state index contributed by atoms with van der Waals surface area (Å²) in [5.41, 5.74) is 1.32. The van der Waals surface area contributed by atoms with Gasteiger partial charge in [0.25, 0.3) is 5.91 Å². The standard InChI is InChI=1S/C23H28N2O5/c1-16(2)13-22(26)24-17-5-10-21-20(14-17)25(23(27)15-30-21)11-4-12-29-19-8-6-18(28-3)7-9-19/h5-10,14,16H,4,11-13,15H2,1-3H3,(H,24,26). The van der Waals surface area contributed by atoms with Crippen LogP contribution in [-0.2, 0) is 9.59 Å². The number of nitrogens with zero attached hydrogens (tertiary/aromatic N) is 1. The fourth-order valence-corrected chi connectivity index (χ4v) is 3.19. The molecule has 0 saturated heterocycles. The highest BCUT2D eigenvalue weighted by Crippen LogP contribution is 2.34. The quantitative estimate of drug-likeness (QED) is 0.633. The van der Waals surface area contributed by atoms with E-state index in [2.05, 4.69) is 5.32 Å². The van der Waals surface area contributed by atoms with Crippen molar-refractivity contribution in [2.24, 2.45) is 5.92 Å². The molecule has 160 valence electrons. The van der Waals surface area contributed by atoms with Crippen LogP contribution in [0.2, 0.25) is 0 Å². The SMILES string of the molecule is COc1ccc(OCCCN2C(=O)COc3ccc(NC(=O)CC(C)C)cc32)cc1. The molecule has 1 aliphatic heterocycles. The van der Waals surface area contributed by atoms with Gasteiger partial charge in [-0.2, -0.15) is 0 Å². The largest absolute Gasteiger partial charge is 0.497 e. The Hall–Kier alpha value is -3.22. The molecule has 1 aliphatic rings. The van der Waals surface area contributed by atoms with E-state index in [-0.39, 0.29) is 24.3 Å². The van der Waals surface area contributed by atoms with Crippen molar-refractivity contribution in [3.05, 3.63) is 42.5 Å². The first kappa shape index (κ1) is 21.5. The molecule has 0 saturated carbocycles. The van der Waals surface area contributed by atoms with E-state index in [1.165, 1.54) is 0 Å². The third-order valence-corrected chi connectivity index (χ3v) is 4.63. The second-order valence-corrected chi connectivity index (χ2v) is 7.54. The lowest BCUT2D eigenvalue weighted by Gasteiger charge is -2.30. The number of nitrogens with one attached hydrogen (secondary N) is 1. The number of amides is 2. The van der Waals surface area contributed by atoms with Crippen molar-refractivity contribution in [3.8, 4) is 17.2 Å². The zero-order valence-electron chi connectivity index (χ0n) is 17.6. The Morgan fingerprint density at radius 1 is 1.17 bits per heavy atom. The maximum Gasteiger partial charge on any atom is 0.265 e. The average molecular weight is 412 g/mol. The van der Waals surface area contributed by atoms with Gasteiger partial charge in [0.1, 0.15) is 17.2 Å². The van der Waals surface area contributed by atoms with Crippen LogP contribution < -0.4 is 24.4 Å². The van der Waals surface area contributed by atoms with Gasteiger partial charge in [-0.25, -0.2) is 0 Å². The van der Waals surface area contributed by atoms with Crippen LogP contribution in [0, 0.1) is 5.92 Å². The highest BCUT2D eigenvalue weighted by molar-refractivity contribution is 5.99. The molecule has 1 N–H and O–H groups in total. The second-order valence-electron chi connectivity index (χ2n) is 7.54. The van der Waals surface area contributed by atoms with Crippen LogP contribution in [0.25, 0.3) is 0 Å². The number of carbonyl (C=O) groups excluding carboxylic acids is 2. The third kappa shape index (κ3) is 5.65. The Kier molecular flexibility index (Phi) is 7.17. The zero-order chi connectivity index (χ0) is 21.5. The number of hydrogen-bond donors (Lipinski definition) is 1. The molecule has 2 amide bonds. The van der Waals surface area contributed by atoms with E-state index in [1.807, 2.05) is 38.1 Å². The maximum atomic E-state index is 12.4. The lowest BCUT2D eigenvalue weighted by molar-refractivity contribution is -0.121. The van der Waals surface area contributed by atoms with Gasteiger partial charge in [0, 0.05) is 18.7 Å². The molecule has 0 unspecified atom stereocenters. The lowest BCUT2D eigenvalue weighted by atomic mass is 10.1. The number of hydrogen-bond acceptors (Lipinski definition) is 5. The number of ether oxygens (including phenoxy) is 3. The summed E-state index contributed by atoms with van der Waals surface area (Å²) in [4.78, 5) is 26.2. The summed E-state index contributed by atoms with van der Waals surface area (Å²) >= 11 is 0. The van der Waals surface area contributed by atoms with E-state index in [9.17, 15) is 9.59 Å². The van der Waals surface area contributed by atoms with Gasteiger partial charge >= 0.3 is 0 Å². The zero-order valence-corrected chi connectivity index (χ0v) is 17.6. The van der Waals surface area contributed by atoms with Crippen LogP contribution in [0.15, 0.2) is 42.5 Å². The Labute approximate surface area is 176 Å². The molecule has 3 rings (SSSR count). The van der Waals surface area contributed by atoms with Crippen LogP contribution in [0.3, 0.4) is 0 Å². The van der Waals surface area contributed by atoms with Crippen molar-refractivity contribution in [1.82, 2.24) is 0 Å². The first-order valence-electron chi connectivity index (χ1n) is 10.1. The molecule has 0 fully saturated rings. The van der Waals surface area contributed by atoms with Crippen molar-refractivity contribution < 1.29 is 23.8 Å². The van der Waals surface area contributed by atoms with Crippen LogP contribution in [0.4, 0.5) is 11.4 Å². The number of anilines is 2. The summed E-state index contributed by atoms with van der Waals surface area (Å²) < 4.78 is 16.4. The van der Waals surface area contributed by atoms with Crippen molar-refractivity contribution >= 4 is 23.2 Å². The number of carbonyl (C=O) groups is 2. The van der Waals surface area contributed by atoms with Gasteiger partial charge in [0.15, 0.2) is 6.61 Å². The van der Waals surface area contributed by atoms with Crippen LogP contribution >= 0.6 is 0 Å². The van der Waals surface area contributed by atoms with Gasteiger partial charge in [-0.3, -0.25) is 9.59 Å². The molecule has 0 bridgehead atoms. The monoisotopic (exact) mass is 412 g/mol. The number of rotatable bonds is 9. The van der Waals surface area contributed by atoms with Gasteiger partial charge in [-0.1, -0.05) is 13.8 Å². The minimum Gasteiger partial charge on any atom is -0.497 e. The predicted molar refractivity (Wildman–Crippen MR) is 115 cm³/mol. The topological polar surface area (TPSA) is 77.1 Å². The Morgan fingerprint density at radius 3 is 2.60 bits per heavy atom. The van der Waals surface area contributed by atoms with Gasteiger partial charge in [0.2, 0.25) is 5.91 Å². The van der Waals surface area contributed by atoms with Crippen molar-refractivity contribution in [2.75, 3.05) is 37.1 Å². The van der Waals surface area contributed by atoms with Crippen molar-refractivity contribution in [3.63, 3.8) is 0 Å². The number of methoxy groups -OCH3 is 1. The molecule has 0 atom stereocenters. The van der Waals surface area contributed by atoms with Crippen LogP contribution in [0.5, 0.6) is 17.2 Å². The second kappa shape index (κ2) is 10.0. The molecule has 0 spiro atoms. The number of benzene rings is 2. The van der Waals surface area contributed by atoms with E-state index >= 15 is 0 Å². The Morgan fingerprint density at radius 2 is 1.90 bits per heavy atom. The lowest BCUT2D eigenvalue weighted by Crippen LogP contribution is -2.39. The first-order chi connectivity index (χ1) is 14.5.